The molecule has 16 heavy (non-hydrogen) atoms. The molecule has 5 nitrogen and oxygen atoms in total. The average Bonchev–Trinajstić information content (AvgIpc) is 2.12. The quantitative estimate of drug-likeness (QED) is 0.512. The van der Waals surface area contributed by atoms with Gasteiger partial charge < -0.3 is 15.1 Å². The number of carboxylic acids is 2. The van der Waals surface area contributed by atoms with E-state index in [1.165, 1.54) is 0 Å². The molecule has 0 saturated carbocycles. The standard InChI is InChI=1S/C6H10O4.C5H11N/c7-5(8)3-1-2-4-6(9)10;1-4-5-6(2)3/h1-4H2,(H,7,8)(H,9,10);4H,1,5H2,2-3H3. The fraction of sp³-hybridized carbons (Fsp3) is 0.636. The number of rotatable bonds is 7. The third-order valence-corrected chi connectivity index (χ3v) is 1.53. The number of hydrogen-bond donors (Lipinski definition) is 2. The van der Waals surface area contributed by atoms with E-state index >= 15 is 0 Å². The second kappa shape index (κ2) is 11.7. The molecular weight excluding hydrogens is 210 g/mol. The Morgan fingerprint density at radius 3 is 1.62 bits per heavy atom. The van der Waals surface area contributed by atoms with Crippen LogP contribution in [-0.2, 0) is 9.59 Å². The highest BCUT2D eigenvalue weighted by Gasteiger charge is 1.99. The number of hydrogen-bond acceptors (Lipinski definition) is 3. The van der Waals surface area contributed by atoms with Gasteiger partial charge >= 0.3 is 11.9 Å². The van der Waals surface area contributed by atoms with E-state index in [-0.39, 0.29) is 12.8 Å². The highest BCUT2D eigenvalue weighted by atomic mass is 16.4. The van der Waals surface area contributed by atoms with Crippen LogP contribution in [0.4, 0.5) is 0 Å². The van der Waals surface area contributed by atoms with E-state index in [2.05, 4.69) is 11.5 Å². The number of aliphatic carboxylic acids is 2. The predicted molar refractivity (Wildman–Crippen MR) is 62.5 cm³/mol. The zero-order valence-corrected chi connectivity index (χ0v) is 9.98. The fourth-order valence-electron chi connectivity index (χ4n) is 0.811. The minimum absolute atomic E-state index is 0.0628. The summed E-state index contributed by atoms with van der Waals surface area (Å²) in [5, 5.41) is 16.3. The van der Waals surface area contributed by atoms with Gasteiger partial charge in [-0.15, -0.1) is 6.58 Å². The Morgan fingerprint density at radius 2 is 1.50 bits per heavy atom. The lowest BCUT2D eigenvalue weighted by Crippen LogP contribution is -2.09. The maximum atomic E-state index is 9.90. The Hall–Kier alpha value is -1.36. The second-order valence-electron chi connectivity index (χ2n) is 3.55. The van der Waals surface area contributed by atoms with Crippen LogP contribution in [0.2, 0.25) is 0 Å². The molecule has 0 atom stereocenters. The molecule has 0 unspecified atom stereocenters. The predicted octanol–water partition coefficient (Wildman–Crippen LogP) is 1.45. The molecule has 0 aromatic heterocycles. The number of nitrogens with zero attached hydrogens (tertiary/aromatic N) is 1. The Kier molecular flexibility index (Phi) is 12.5. The van der Waals surface area contributed by atoms with Gasteiger partial charge in [0.05, 0.1) is 0 Å². The zero-order chi connectivity index (χ0) is 13.0. The maximum Gasteiger partial charge on any atom is 0.303 e. The van der Waals surface area contributed by atoms with E-state index in [0.29, 0.717) is 12.8 Å². The van der Waals surface area contributed by atoms with Gasteiger partial charge in [-0.2, -0.15) is 0 Å². The van der Waals surface area contributed by atoms with Gasteiger partial charge in [0.2, 0.25) is 0 Å². The lowest BCUT2D eigenvalue weighted by atomic mass is 10.2. The van der Waals surface area contributed by atoms with Gasteiger partial charge in [0.25, 0.3) is 0 Å². The lowest BCUT2D eigenvalue weighted by Gasteiger charge is -2.01. The van der Waals surface area contributed by atoms with Crippen LogP contribution in [0.1, 0.15) is 25.7 Å². The van der Waals surface area contributed by atoms with E-state index in [0.717, 1.165) is 6.54 Å². The van der Waals surface area contributed by atoms with Crippen LogP contribution < -0.4 is 0 Å². The van der Waals surface area contributed by atoms with Gasteiger partial charge in [-0.25, -0.2) is 0 Å². The largest absolute Gasteiger partial charge is 0.481 e. The summed E-state index contributed by atoms with van der Waals surface area (Å²) in [6.45, 7) is 4.53. The van der Waals surface area contributed by atoms with Gasteiger partial charge in [0.1, 0.15) is 0 Å². The van der Waals surface area contributed by atoms with Crippen LogP contribution in [0.15, 0.2) is 12.7 Å². The first-order valence-corrected chi connectivity index (χ1v) is 5.09. The first-order valence-electron chi connectivity index (χ1n) is 5.09. The second-order valence-corrected chi connectivity index (χ2v) is 3.55. The molecule has 0 aliphatic carbocycles. The number of likely N-dealkylation sites (N-methyl/N-ethyl adjacent to an activating group) is 1. The summed E-state index contributed by atoms with van der Waals surface area (Å²) < 4.78 is 0. The highest BCUT2D eigenvalue weighted by molar-refractivity contribution is 5.67. The van der Waals surface area contributed by atoms with Gasteiger partial charge in [-0.1, -0.05) is 6.08 Å². The molecule has 2 N–H and O–H groups in total. The number of carboxylic acid groups (broad SMARTS) is 2. The van der Waals surface area contributed by atoms with Crippen LogP contribution in [0, 0.1) is 0 Å². The SMILES string of the molecule is C=CCN(C)C.O=C(O)CCCCC(=O)O. The fourth-order valence-corrected chi connectivity index (χ4v) is 0.811. The Labute approximate surface area is 96.4 Å². The zero-order valence-electron chi connectivity index (χ0n) is 9.98. The molecule has 0 aliphatic rings. The van der Waals surface area contributed by atoms with Gasteiger partial charge in [-0.05, 0) is 26.9 Å². The maximum absolute atomic E-state index is 9.90. The molecule has 94 valence electrons. The molecule has 0 spiro atoms. The Bertz CT molecular complexity index is 198. The molecule has 0 aliphatic heterocycles. The highest BCUT2D eigenvalue weighted by Crippen LogP contribution is 1.98. The van der Waals surface area contributed by atoms with Crippen molar-refractivity contribution in [1.29, 1.82) is 0 Å². The first-order chi connectivity index (χ1) is 7.40. The van der Waals surface area contributed by atoms with E-state index in [1.54, 1.807) is 0 Å². The molecule has 0 rings (SSSR count). The lowest BCUT2D eigenvalue weighted by molar-refractivity contribution is -0.139. The van der Waals surface area contributed by atoms with Gasteiger partial charge in [-0.3, -0.25) is 9.59 Å². The van der Waals surface area contributed by atoms with Crippen LogP contribution in [-0.4, -0.2) is 47.7 Å². The summed E-state index contributed by atoms with van der Waals surface area (Å²) in [6, 6.07) is 0. The molecule has 0 amide bonds. The van der Waals surface area contributed by atoms with Crippen molar-refractivity contribution < 1.29 is 19.8 Å². The van der Waals surface area contributed by atoms with Crippen molar-refractivity contribution >= 4 is 11.9 Å². The molecule has 5 heteroatoms. The summed E-state index contributed by atoms with van der Waals surface area (Å²) in [4.78, 5) is 21.9. The minimum atomic E-state index is -0.870. The first kappa shape index (κ1) is 17.0. The molecule has 0 radical (unpaired) electrons. The third-order valence-electron chi connectivity index (χ3n) is 1.53. The van der Waals surface area contributed by atoms with Crippen molar-refractivity contribution in [3.8, 4) is 0 Å². The van der Waals surface area contributed by atoms with Crippen LogP contribution in [0.5, 0.6) is 0 Å². The summed E-state index contributed by atoms with van der Waals surface area (Å²) in [7, 11) is 4.03. The molecule has 0 fully saturated rings. The van der Waals surface area contributed by atoms with Crippen LogP contribution in [0.3, 0.4) is 0 Å². The topological polar surface area (TPSA) is 77.8 Å². The molecule has 0 aromatic carbocycles. The van der Waals surface area contributed by atoms with Crippen molar-refractivity contribution in [1.82, 2.24) is 4.90 Å². The van der Waals surface area contributed by atoms with Crippen molar-refractivity contribution in [3.05, 3.63) is 12.7 Å². The summed E-state index contributed by atoms with van der Waals surface area (Å²) in [5.41, 5.74) is 0. The van der Waals surface area contributed by atoms with Crippen molar-refractivity contribution in [2.45, 2.75) is 25.7 Å². The van der Waals surface area contributed by atoms with Crippen LogP contribution in [0.25, 0.3) is 0 Å². The van der Waals surface area contributed by atoms with E-state index in [1.807, 2.05) is 20.2 Å². The smallest absolute Gasteiger partial charge is 0.303 e. The molecule has 0 saturated heterocycles. The van der Waals surface area contributed by atoms with E-state index in [9.17, 15) is 9.59 Å². The van der Waals surface area contributed by atoms with Crippen LogP contribution >= 0.6 is 0 Å². The van der Waals surface area contributed by atoms with E-state index in [4.69, 9.17) is 10.2 Å². The van der Waals surface area contributed by atoms with Gasteiger partial charge in [0, 0.05) is 19.4 Å². The summed E-state index contributed by atoms with van der Waals surface area (Å²) in [5.74, 6) is -1.74. The van der Waals surface area contributed by atoms with Crippen molar-refractivity contribution in [2.75, 3.05) is 20.6 Å². The molecular formula is C11H21NO4. The normalized spacial score (nSPS) is 9.19. The molecule has 0 aromatic rings. The summed E-state index contributed by atoms with van der Waals surface area (Å²) >= 11 is 0. The Balaban J connectivity index is 0. The minimum Gasteiger partial charge on any atom is -0.481 e. The van der Waals surface area contributed by atoms with E-state index < -0.39 is 11.9 Å². The third kappa shape index (κ3) is 22.9. The number of unbranched alkanes of at least 4 members (excludes halogenated alkanes) is 1. The molecule has 0 bridgehead atoms. The van der Waals surface area contributed by atoms with Crippen molar-refractivity contribution in [2.24, 2.45) is 0 Å². The molecule has 0 heterocycles. The Morgan fingerprint density at radius 1 is 1.12 bits per heavy atom. The number of carbonyl (C=O) groups is 2. The summed E-state index contributed by atoms with van der Waals surface area (Å²) in [6.07, 6.45) is 2.89. The van der Waals surface area contributed by atoms with Gasteiger partial charge in [0.15, 0.2) is 0 Å². The van der Waals surface area contributed by atoms with Crippen molar-refractivity contribution in [3.63, 3.8) is 0 Å². The monoisotopic (exact) mass is 231 g/mol. The average molecular weight is 231 g/mol.